The predicted octanol–water partition coefficient (Wildman–Crippen LogP) is -12.1. The Morgan fingerprint density at radius 2 is 1.79 bits per heavy atom. The van der Waals surface area contributed by atoms with Gasteiger partial charge in [-0.05, 0) is 0 Å². The van der Waals surface area contributed by atoms with Gasteiger partial charge in [0, 0.05) is 0 Å². The van der Waals surface area contributed by atoms with E-state index in [1.165, 1.54) is 0 Å². The van der Waals surface area contributed by atoms with Crippen LogP contribution in [0.5, 0.6) is 0 Å². The van der Waals surface area contributed by atoms with Gasteiger partial charge >= 0.3 is 66.4 Å². The molecule has 98 valence electrons. The molecular weight excluding hydrogens is 285 g/mol. The van der Waals surface area contributed by atoms with Crippen LogP contribution >= 0.6 is 0 Å². The first-order valence-electron chi connectivity index (χ1n) is 4.71. The summed E-state index contributed by atoms with van der Waals surface area (Å²) in [6.07, 6.45) is -9.05. The van der Waals surface area contributed by atoms with E-state index in [1.807, 2.05) is 0 Å². The Morgan fingerprint density at radius 1 is 1.26 bits per heavy atom. The number of carboxylic acid groups (broad SMARTS) is 1. The van der Waals surface area contributed by atoms with Gasteiger partial charge in [0.2, 0.25) is 0 Å². The normalized spacial score (nSPS) is 26.9. The molecule has 5 atom stereocenters. The van der Waals surface area contributed by atoms with E-state index < -0.39 is 50.4 Å². The molecule has 0 radical (unpaired) electrons. The van der Waals surface area contributed by atoms with E-state index in [0.717, 1.165) is 0 Å². The Bertz CT molecular complexity index is 283. The van der Waals surface area contributed by atoms with Crippen LogP contribution in [0, 0.1) is 0 Å². The van der Waals surface area contributed by atoms with Crippen LogP contribution in [0.4, 0.5) is 0 Å². The average Bonchev–Trinajstić information content (AvgIpc) is 2.67. The summed E-state index contributed by atoms with van der Waals surface area (Å²) in [5.41, 5.74) is 0. The van der Waals surface area contributed by atoms with Gasteiger partial charge in [-0.25, -0.2) is 0 Å². The summed E-state index contributed by atoms with van der Waals surface area (Å²) in [6, 6.07) is 0. The fourth-order valence-corrected chi connectivity index (χ4v) is 1.44. The number of carboxylic acids is 1. The van der Waals surface area contributed by atoms with Crippen molar-refractivity contribution in [1.82, 2.24) is 0 Å². The molecule has 12 heteroatoms. The maximum absolute atomic E-state index is 10.8. The summed E-state index contributed by atoms with van der Waals surface area (Å²) in [5.74, 6) is -1.99. The molecule has 1 rings (SSSR count). The second kappa shape index (κ2) is 10.1. The number of rotatable bonds is 5. The zero-order valence-electron chi connectivity index (χ0n) is 10.5. The molecule has 0 aromatic carbocycles. The molecule has 9 nitrogen and oxygen atoms in total. The second-order valence-electron chi connectivity index (χ2n) is 3.49. The Balaban J connectivity index is 0. The zero-order chi connectivity index (χ0) is 13.2. The van der Waals surface area contributed by atoms with Gasteiger partial charge in [-0.3, -0.25) is 0 Å². The van der Waals surface area contributed by atoms with Crippen molar-refractivity contribution < 1.29 is 104 Å². The summed E-state index contributed by atoms with van der Waals surface area (Å²) >= 11 is 0. The molecule has 0 unspecified atom stereocenters. The number of aliphatic hydroxyl groups is 4. The van der Waals surface area contributed by atoms with Crippen LogP contribution < -0.4 is 69.2 Å². The van der Waals surface area contributed by atoms with Crippen molar-refractivity contribution in [3.63, 3.8) is 0 Å². The third kappa shape index (κ3) is 5.87. The smallest absolute Gasteiger partial charge is 0.832 e. The molecule has 19 heavy (non-hydrogen) atoms. The number of hydrogen-bond acceptors (Lipinski definition) is 9. The van der Waals surface area contributed by atoms with Crippen LogP contribution in [0.2, 0.25) is 0 Å². The molecule has 1 aliphatic heterocycles. The van der Waals surface area contributed by atoms with Crippen molar-refractivity contribution in [2.75, 3.05) is 6.61 Å². The first-order valence-corrected chi connectivity index (χ1v) is 4.71. The first kappa shape index (κ1) is 22.5. The fraction of sp³-hybridized carbons (Fsp3) is 0.857. The third-order valence-electron chi connectivity index (χ3n) is 2.35. The van der Waals surface area contributed by atoms with E-state index in [2.05, 4.69) is 9.31 Å². The molecule has 0 aromatic rings. The average molecular weight is 296 g/mol. The monoisotopic (exact) mass is 296 g/mol. The summed E-state index contributed by atoms with van der Waals surface area (Å²) < 4.78 is 9.00. The molecule has 0 bridgehead atoms. The molecular formula is C7H11BNa2O9. The first-order chi connectivity index (χ1) is 7.88. The molecule has 1 saturated heterocycles. The summed E-state index contributed by atoms with van der Waals surface area (Å²) in [7, 11) is -1.96. The standard InChI is InChI=1S/C7H12BO9.2Na/c9-1-2-6(17-8(15)16-2)4(11)3(10)5(12)7(13)14;;/h2-6,9-12H,1H2,(H,13,14);;/q-1;2*+1/p-1/t2-,3-,4-,5+,6-;;/m0../s1. The topological polar surface area (TPSA) is 163 Å². The van der Waals surface area contributed by atoms with Crippen LogP contribution in [0.3, 0.4) is 0 Å². The SMILES string of the molecule is O=C([O-])[C@H](O)[C@@H](O)[C@H](O)[C@H]1OB([O-])O[C@H]1CO.[Na+].[Na+]. The van der Waals surface area contributed by atoms with E-state index >= 15 is 0 Å². The minimum Gasteiger partial charge on any atom is -0.832 e. The molecule has 0 saturated carbocycles. The predicted molar refractivity (Wildman–Crippen MR) is 45.6 cm³/mol. The number of aliphatic hydroxyl groups excluding tert-OH is 4. The minimum absolute atomic E-state index is 0. The van der Waals surface area contributed by atoms with E-state index in [9.17, 15) is 25.1 Å². The Kier molecular flexibility index (Phi) is 11.9. The van der Waals surface area contributed by atoms with Gasteiger partial charge in [-0.15, -0.1) is 0 Å². The van der Waals surface area contributed by atoms with E-state index in [4.69, 9.17) is 10.2 Å². The Morgan fingerprint density at radius 3 is 2.21 bits per heavy atom. The maximum Gasteiger partial charge on any atom is 1.00 e. The molecule has 0 aliphatic carbocycles. The quantitative estimate of drug-likeness (QED) is 0.361. The van der Waals surface area contributed by atoms with Crippen molar-refractivity contribution in [2.24, 2.45) is 0 Å². The van der Waals surface area contributed by atoms with Crippen molar-refractivity contribution in [3.8, 4) is 0 Å². The van der Waals surface area contributed by atoms with Gasteiger partial charge in [-0.1, -0.05) is 0 Å². The van der Waals surface area contributed by atoms with Crippen LogP contribution in [0.25, 0.3) is 0 Å². The fourth-order valence-electron chi connectivity index (χ4n) is 1.44. The molecule has 1 heterocycles. The van der Waals surface area contributed by atoms with Gasteiger partial charge in [0.15, 0.2) is 0 Å². The molecule has 0 spiro atoms. The number of carbonyl (C=O) groups excluding carboxylic acids is 1. The van der Waals surface area contributed by atoms with Gasteiger partial charge in [0.05, 0.1) is 24.8 Å². The molecule has 4 N–H and O–H groups in total. The van der Waals surface area contributed by atoms with Crippen LogP contribution in [-0.2, 0) is 14.1 Å². The van der Waals surface area contributed by atoms with Crippen LogP contribution in [0.1, 0.15) is 0 Å². The molecule has 0 amide bonds. The molecule has 1 fully saturated rings. The summed E-state index contributed by atoms with van der Waals surface area (Å²) in [6.45, 7) is -0.672. The van der Waals surface area contributed by atoms with Crippen LogP contribution in [0.15, 0.2) is 0 Å². The number of carbonyl (C=O) groups is 1. The van der Waals surface area contributed by atoms with Crippen molar-refractivity contribution >= 4 is 13.3 Å². The van der Waals surface area contributed by atoms with Crippen molar-refractivity contribution in [2.45, 2.75) is 30.5 Å². The zero-order valence-corrected chi connectivity index (χ0v) is 14.5. The van der Waals surface area contributed by atoms with Gasteiger partial charge in [0.1, 0.15) is 18.3 Å². The van der Waals surface area contributed by atoms with E-state index in [1.54, 1.807) is 0 Å². The largest absolute Gasteiger partial charge is 1.00 e. The van der Waals surface area contributed by atoms with E-state index in [-0.39, 0.29) is 59.1 Å². The Hall–Kier alpha value is 1.25. The maximum atomic E-state index is 10.8. The summed E-state index contributed by atoms with van der Waals surface area (Å²) in [4.78, 5) is 10.3. The third-order valence-corrected chi connectivity index (χ3v) is 2.35. The number of aliphatic carboxylic acids is 1. The Labute approximate surface area is 153 Å². The van der Waals surface area contributed by atoms with Crippen LogP contribution in [-0.4, -0.2) is 70.8 Å². The van der Waals surface area contributed by atoms with Gasteiger partial charge in [-0.2, -0.15) is 0 Å². The van der Waals surface area contributed by atoms with Gasteiger partial charge < -0.3 is 44.7 Å². The summed E-state index contributed by atoms with van der Waals surface area (Å²) in [5, 5.41) is 57.6. The van der Waals surface area contributed by atoms with Gasteiger partial charge in [0.25, 0.3) is 0 Å². The minimum atomic E-state index is -2.35. The van der Waals surface area contributed by atoms with E-state index in [0.29, 0.717) is 0 Å². The van der Waals surface area contributed by atoms with Crippen molar-refractivity contribution in [3.05, 3.63) is 0 Å². The molecule has 1 aliphatic rings. The second-order valence-corrected chi connectivity index (χ2v) is 3.49. The van der Waals surface area contributed by atoms with Crippen molar-refractivity contribution in [1.29, 1.82) is 0 Å². The number of hydrogen-bond donors (Lipinski definition) is 4. The molecule has 0 aromatic heterocycles.